The van der Waals surface area contributed by atoms with Crippen molar-refractivity contribution < 1.29 is 21.8 Å². The van der Waals surface area contributed by atoms with Crippen molar-refractivity contribution in [1.82, 2.24) is 15.0 Å². The van der Waals surface area contributed by atoms with E-state index in [1.54, 1.807) is 6.92 Å². The van der Waals surface area contributed by atoms with E-state index in [1.165, 1.54) is 7.11 Å². The highest BCUT2D eigenvalue weighted by atomic mass is 32.3. The molecule has 0 spiro atoms. The van der Waals surface area contributed by atoms with Crippen LogP contribution in [-0.4, -0.2) is 48.2 Å². The minimum Gasteiger partial charge on any atom is -0.467 e. The maximum Gasteiger partial charge on any atom is 0.321 e. The van der Waals surface area contributed by atoms with Gasteiger partial charge in [-0.3, -0.25) is 9.69 Å². The summed E-state index contributed by atoms with van der Waals surface area (Å²) in [5.41, 5.74) is 0. The summed E-state index contributed by atoms with van der Waals surface area (Å²) in [6.45, 7) is 1.25. The minimum atomic E-state index is -4.77. The molecule has 0 N–H and O–H groups in total. The molecule has 1 aromatic heterocycles. The van der Waals surface area contributed by atoms with Gasteiger partial charge in [0, 0.05) is 13.0 Å². The van der Waals surface area contributed by atoms with E-state index in [0.29, 0.717) is 5.82 Å². The molecule has 2 heterocycles. The zero-order valence-corrected chi connectivity index (χ0v) is 11.0. The van der Waals surface area contributed by atoms with Gasteiger partial charge in [0.2, 0.25) is 11.9 Å². The Morgan fingerprint density at radius 1 is 1.37 bits per heavy atom. The Morgan fingerprint density at radius 3 is 2.58 bits per heavy atom. The summed E-state index contributed by atoms with van der Waals surface area (Å²) in [6, 6.07) is 0.00172. The fourth-order valence-electron chi connectivity index (χ4n) is 1.71. The Kier molecular flexibility index (Phi) is 3.35. The number of hydrogen-bond acceptors (Lipinski definition) is 7. The van der Waals surface area contributed by atoms with E-state index in [1.807, 2.05) is 0 Å². The summed E-state index contributed by atoms with van der Waals surface area (Å²) in [4.78, 5) is 24.3. The standard InChI is InChI=1S/C9H11FN4O4S/c1-5-11-8(13-9(12-5)18-2)14-4-6(3-7(14)15)19(10,16)17/h6H,3-4H2,1-2H3. The SMILES string of the molecule is COc1nc(C)nc(N2CC(S(=O)(=O)F)CC2=O)n1. The van der Waals surface area contributed by atoms with Crippen LogP contribution in [0, 0.1) is 6.92 Å². The van der Waals surface area contributed by atoms with Gasteiger partial charge in [-0.2, -0.15) is 23.4 Å². The van der Waals surface area contributed by atoms with Gasteiger partial charge in [-0.25, -0.2) is 0 Å². The molecule has 8 nitrogen and oxygen atoms in total. The number of anilines is 1. The molecule has 0 radical (unpaired) electrons. The molecule has 1 unspecified atom stereocenters. The predicted molar refractivity (Wildman–Crippen MR) is 61.9 cm³/mol. The average Bonchev–Trinajstić information content (AvgIpc) is 2.70. The lowest BCUT2D eigenvalue weighted by Crippen LogP contribution is -2.29. The van der Waals surface area contributed by atoms with Crippen LogP contribution >= 0.6 is 0 Å². The van der Waals surface area contributed by atoms with Crippen LogP contribution < -0.4 is 9.64 Å². The largest absolute Gasteiger partial charge is 0.467 e. The Morgan fingerprint density at radius 2 is 2.05 bits per heavy atom. The van der Waals surface area contributed by atoms with Crippen molar-refractivity contribution in [2.75, 3.05) is 18.6 Å². The van der Waals surface area contributed by atoms with E-state index in [2.05, 4.69) is 15.0 Å². The zero-order valence-electron chi connectivity index (χ0n) is 10.2. The van der Waals surface area contributed by atoms with Crippen LogP contribution in [0.3, 0.4) is 0 Å². The highest BCUT2D eigenvalue weighted by molar-refractivity contribution is 7.87. The number of rotatable bonds is 3. The maximum absolute atomic E-state index is 12.9. The van der Waals surface area contributed by atoms with Crippen molar-refractivity contribution in [1.29, 1.82) is 0 Å². The molecule has 0 bridgehead atoms. The van der Waals surface area contributed by atoms with E-state index in [4.69, 9.17) is 4.74 Å². The van der Waals surface area contributed by atoms with Crippen molar-refractivity contribution in [2.45, 2.75) is 18.6 Å². The summed E-state index contributed by atoms with van der Waals surface area (Å²) in [6.07, 6.45) is -0.425. The molecule has 104 valence electrons. The van der Waals surface area contributed by atoms with Gasteiger partial charge < -0.3 is 4.74 Å². The highest BCUT2D eigenvalue weighted by Crippen LogP contribution is 2.24. The Labute approximate surface area is 108 Å². The second-order valence-electron chi connectivity index (χ2n) is 3.98. The van der Waals surface area contributed by atoms with Gasteiger partial charge >= 0.3 is 16.2 Å². The maximum atomic E-state index is 12.9. The topological polar surface area (TPSA) is 102 Å². The number of ether oxygens (including phenoxy) is 1. The average molecular weight is 290 g/mol. The van der Waals surface area contributed by atoms with Crippen molar-refractivity contribution in [3.63, 3.8) is 0 Å². The lowest BCUT2D eigenvalue weighted by atomic mass is 10.4. The van der Waals surface area contributed by atoms with Crippen molar-refractivity contribution in [2.24, 2.45) is 0 Å². The molecular weight excluding hydrogens is 279 g/mol. The summed E-state index contributed by atoms with van der Waals surface area (Å²) >= 11 is 0. The molecule has 0 saturated carbocycles. The number of aromatic nitrogens is 3. The molecule has 19 heavy (non-hydrogen) atoms. The number of carbonyl (C=O) groups is 1. The smallest absolute Gasteiger partial charge is 0.321 e. The molecule has 1 aliphatic heterocycles. The molecule has 10 heteroatoms. The van der Waals surface area contributed by atoms with Gasteiger partial charge in [-0.15, -0.1) is 3.89 Å². The van der Waals surface area contributed by atoms with Crippen molar-refractivity contribution in [3.05, 3.63) is 5.82 Å². The molecule has 1 aromatic rings. The number of hydrogen-bond donors (Lipinski definition) is 0. The number of methoxy groups -OCH3 is 1. The normalized spacial score (nSPS) is 19.8. The zero-order chi connectivity index (χ0) is 14.2. The lowest BCUT2D eigenvalue weighted by molar-refractivity contribution is -0.117. The highest BCUT2D eigenvalue weighted by Gasteiger charge is 2.40. The van der Waals surface area contributed by atoms with E-state index in [0.717, 1.165) is 4.90 Å². The second-order valence-corrected chi connectivity index (χ2v) is 5.59. The fraction of sp³-hybridized carbons (Fsp3) is 0.556. The molecule has 2 rings (SSSR count). The summed E-state index contributed by atoms with van der Waals surface area (Å²) in [5, 5.41) is -1.39. The van der Waals surface area contributed by atoms with Gasteiger partial charge in [-0.1, -0.05) is 0 Å². The number of halogens is 1. The number of nitrogens with zero attached hydrogens (tertiary/aromatic N) is 4. The molecule has 1 fully saturated rings. The van der Waals surface area contributed by atoms with Gasteiger partial charge in [0.1, 0.15) is 11.1 Å². The predicted octanol–water partition coefficient (Wildman–Crippen LogP) is -0.407. The summed E-state index contributed by atoms with van der Waals surface area (Å²) < 4.78 is 39.4. The molecule has 0 aromatic carbocycles. The first kappa shape index (κ1) is 13.6. The summed E-state index contributed by atoms with van der Waals surface area (Å²) in [5.74, 6) is -0.291. The molecule has 1 saturated heterocycles. The monoisotopic (exact) mass is 290 g/mol. The van der Waals surface area contributed by atoms with Crippen LogP contribution in [0.4, 0.5) is 9.83 Å². The molecule has 0 aliphatic carbocycles. The third-order valence-electron chi connectivity index (χ3n) is 2.63. The van der Waals surface area contributed by atoms with E-state index in [-0.39, 0.29) is 18.5 Å². The first-order valence-electron chi connectivity index (χ1n) is 5.31. The van der Waals surface area contributed by atoms with Gasteiger partial charge in [0.25, 0.3) is 0 Å². The third-order valence-corrected chi connectivity index (χ3v) is 3.74. The van der Waals surface area contributed by atoms with Crippen LogP contribution in [0.25, 0.3) is 0 Å². The van der Waals surface area contributed by atoms with Crippen molar-refractivity contribution >= 4 is 22.1 Å². The minimum absolute atomic E-state index is 0.00172. The number of amides is 1. The van der Waals surface area contributed by atoms with Crippen LogP contribution in [-0.2, 0) is 15.0 Å². The quantitative estimate of drug-likeness (QED) is 0.697. The van der Waals surface area contributed by atoms with Gasteiger partial charge in [0.15, 0.2) is 0 Å². The molecule has 1 amide bonds. The first-order valence-corrected chi connectivity index (χ1v) is 6.76. The second kappa shape index (κ2) is 4.68. The number of carbonyl (C=O) groups excluding carboxylic acids is 1. The van der Waals surface area contributed by atoms with Gasteiger partial charge in [0.05, 0.1) is 7.11 Å². The van der Waals surface area contributed by atoms with Gasteiger partial charge in [-0.05, 0) is 6.92 Å². The van der Waals surface area contributed by atoms with Crippen LogP contribution in [0.2, 0.25) is 0 Å². The fourth-order valence-corrected chi connectivity index (χ4v) is 2.38. The molecular formula is C9H11FN4O4S. The summed E-state index contributed by atoms with van der Waals surface area (Å²) in [7, 11) is -3.42. The number of aryl methyl sites for hydroxylation is 1. The van der Waals surface area contributed by atoms with E-state index < -0.39 is 27.8 Å². The first-order chi connectivity index (χ1) is 8.81. The molecule has 1 atom stereocenters. The molecule has 1 aliphatic rings. The van der Waals surface area contributed by atoms with E-state index >= 15 is 0 Å². The Hall–Kier alpha value is -1.84. The van der Waals surface area contributed by atoms with Crippen LogP contribution in [0.15, 0.2) is 0 Å². The van der Waals surface area contributed by atoms with E-state index in [9.17, 15) is 17.1 Å². The van der Waals surface area contributed by atoms with Crippen LogP contribution in [0.5, 0.6) is 6.01 Å². The lowest BCUT2D eigenvalue weighted by Gasteiger charge is -2.14. The van der Waals surface area contributed by atoms with Crippen LogP contribution in [0.1, 0.15) is 12.2 Å². The van der Waals surface area contributed by atoms with Crippen molar-refractivity contribution in [3.8, 4) is 6.01 Å². The Bertz CT molecular complexity index is 621. The third kappa shape index (κ3) is 2.78. The Balaban J connectivity index is 2.33.